The van der Waals surface area contributed by atoms with E-state index >= 15 is 4.39 Å². The third kappa shape index (κ3) is 6.81. The minimum Gasteiger partial charge on any atom is -0.385 e. The largest absolute Gasteiger partial charge is 0.385 e. The van der Waals surface area contributed by atoms with Gasteiger partial charge in [0.25, 0.3) is 5.91 Å². The molecule has 3 heterocycles. The van der Waals surface area contributed by atoms with Gasteiger partial charge in [-0.1, -0.05) is 24.3 Å². The summed E-state index contributed by atoms with van der Waals surface area (Å²) >= 11 is 0. The molecule has 0 bridgehead atoms. The summed E-state index contributed by atoms with van der Waals surface area (Å²) in [6, 6.07) is 12.4. The second-order valence-electron chi connectivity index (χ2n) is 11.5. The summed E-state index contributed by atoms with van der Waals surface area (Å²) in [5.41, 5.74) is 11.4. The van der Waals surface area contributed by atoms with E-state index in [2.05, 4.69) is 21.8 Å². The molecule has 0 aliphatic carbocycles. The number of benzene rings is 2. The van der Waals surface area contributed by atoms with E-state index in [-0.39, 0.29) is 36.0 Å². The van der Waals surface area contributed by atoms with E-state index in [9.17, 15) is 9.59 Å². The predicted octanol–water partition coefficient (Wildman–Crippen LogP) is 4.78. The Labute approximate surface area is 251 Å². The molecule has 1 aliphatic rings. The van der Waals surface area contributed by atoms with Crippen LogP contribution in [0.1, 0.15) is 58.9 Å². The molecular formula is C33H41FN6O3. The van der Waals surface area contributed by atoms with Gasteiger partial charge >= 0.3 is 0 Å². The quantitative estimate of drug-likeness (QED) is 0.245. The molecule has 5 rings (SSSR count). The van der Waals surface area contributed by atoms with Crippen molar-refractivity contribution in [2.45, 2.75) is 57.5 Å². The number of carbonyl (C=O) groups is 2. The number of anilines is 1. The Bertz CT molecular complexity index is 1580. The molecule has 0 radical (unpaired) electrons. The summed E-state index contributed by atoms with van der Waals surface area (Å²) in [4.78, 5) is 31.8. The number of nitrogens with two attached hydrogens (primary N) is 1. The summed E-state index contributed by atoms with van der Waals surface area (Å²) in [5.74, 6) is -0.283. The first-order valence-electron chi connectivity index (χ1n) is 14.9. The number of hydrogen-bond donors (Lipinski definition) is 2. The summed E-state index contributed by atoms with van der Waals surface area (Å²) in [6.45, 7) is 4.62. The Morgan fingerprint density at radius 2 is 2.00 bits per heavy atom. The van der Waals surface area contributed by atoms with Crippen LogP contribution in [0.3, 0.4) is 0 Å². The second-order valence-corrected chi connectivity index (χ2v) is 11.5. The Morgan fingerprint density at radius 1 is 1.21 bits per heavy atom. The summed E-state index contributed by atoms with van der Waals surface area (Å²) in [5, 5.41) is 3.80. The standard InChI is InChI=1S/C33H41FN6O3/c1-22-27-8-4-9-28(34)32(27)40(15-6-16-43-3)31(22)24-7-5-14-39(20-24)30(41)18-25(35)17-23-10-12-26(13-11-23)37-33(42)29-19-36-21-38(29)2/h4,8-13,19,21,24-25H,5-7,14-18,20,35H2,1-3H3,(H,37,42)/t24-,25-/m1/s1. The Hall–Kier alpha value is -4.02. The summed E-state index contributed by atoms with van der Waals surface area (Å²) < 4.78 is 24.1. The number of aryl methyl sites for hydroxylation is 3. The molecule has 1 fully saturated rings. The van der Waals surface area contributed by atoms with Gasteiger partial charge in [0.1, 0.15) is 11.5 Å². The van der Waals surface area contributed by atoms with Gasteiger partial charge < -0.3 is 29.8 Å². The van der Waals surface area contributed by atoms with Crippen molar-refractivity contribution in [3.8, 4) is 0 Å². The number of hydrogen-bond acceptors (Lipinski definition) is 5. The number of para-hydroxylation sites is 1. The van der Waals surface area contributed by atoms with E-state index in [4.69, 9.17) is 10.5 Å². The number of imidazole rings is 1. The molecule has 2 amide bonds. The molecule has 43 heavy (non-hydrogen) atoms. The fourth-order valence-corrected chi connectivity index (χ4v) is 6.33. The molecule has 1 aliphatic heterocycles. The first-order chi connectivity index (χ1) is 20.8. The van der Waals surface area contributed by atoms with Crippen LogP contribution in [0.2, 0.25) is 0 Å². The lowest BCUT2D eigenvalue weighted by Gasteiger charge is -2.34. The molecule has 1 saturated heterocycles. The molecular weight excluding hydrogens is 547 g/mol. The van der Waals surface area contributed by atoms with Gasteiger partial charge in [-0.25, -0.2) is 9.37 Å². The highest BCUT2D eigenvalue weighted by atomic mass is 19.1. The normalized spacial score (nSPS) is 16.0. The van der Waals surface area contributed by atoms with Gasteiger partial charge in [-0.15, -0.1) is 0 Å². The fraction of sp³-hybridized carbons (Fsp3) is 0.424. The average Bonchev–Trinajstić information content (AvgIpc) is 3.55. The number of halogens is 1. The van der Waals surface area contributed by atoms with Crippen LogP contribution in [0.5, 0.6) is 0 Å². The van der Waals surface area contributed by atoms with Gasteiger partial charge in [0, 0.05) is 75.5 Å². The zero-order valence-corrected chi connectivity index (χ0v) is 25.2. The zero-order valence-electron chi connectivity index (χ0n) is 25.2. The highest BCUT2D eigenvalue weighted by Crippen LogP contribution is 2.36. The Morgan fingerprint density at radius 3 is 2.72 bits per heavy atom. The lowest BCUT2D eigenvalue weighted by molar-refractivity contribution is -0.132. The highest BCUT2D eigenvalue weighted by Gasteiger charge is 2.30. The molecule has 0 spiro atoms. The molecule has 0 unspecified atom stereocenters. The third-order valence-electron chi connectivity index (χ3n) is 8.42. The highest BCUT2D eigenvalue weighted by molar-refractivity contribution is 6.02. The number of likely N-dealkylation sites (tertiary alicyclic amines) is 1. The molecule has 9 nitrogen and oxygen atoms in total. The molecule has 3 N–H and O–H groups in total. The monoisotopic (exact) mass is 588 g/mol. The van der Waals surface area contributed by atoms with Crippen molar-refractivity contribution < 1.29 is 18.7 Å². The van der Waals surface area contributed by atoms with E-state index in [1.165, 1.54) is 12.3 Å². The van der Waals surface area contributed by atoms with Crippen LogP contribution in [0.15, 0.2) is 55.0 Å². The number of methoxy groups -OCH3 is 1. The summed E-state index contributed by atoms with van der Waals surface area (Å²) in [6.07, 6.45) is 6.51. The van der Waals surface area contributed by atoms with Crippen molar-refractivity contribution in [3.63, 3.8) is 0 Å². The topological polar surface area (TPSA) is 107 Å². The van der Waals surface area contributed by atoms with Crippen molar-refractivity contribution in [1.29, 1.82) is 0 Å². The molecule has 2 atom stereocenters. The second kappa shape index (κ2) is 13.5. The Kier molecular flexibility index (Phi) is 9.57. The number of ether oxygens (including phenoxy) is 1. The van der Waals surface area contributed by atoms with Crippen molar-refractivity contribution >= 4 is 28.4 Å². The molecule has 2 aromatic carbocycles. The number of fused-ring (bicyclic) bond motifs is 1. The molecule has 0 saturated carbocycles. The van der Waals surface area contributed by atoms with E-state index < -0.39 is 0 Å². The van der Waals surface area contributed by atoms with Crippen LogP contribution >= 0.6 is 0 Å². The number of carbonyl (C=O) groups excluding carboxylic acids is 2. The molecule has 10 heteroatoms. The van der Waals surface area contributed by atoms with Crippen molar-refractivity contribution in [1.82, 2.24) is 19.0 Å². The van der Waals surface area contributed by atoms with Crippen molar-refractivity contribution in [2.24, 2.45) is 12.8 Å². The van der Waals surface area contributed by atoms with Crippen molar-refractivity contribution in [2.75, 3.05) is 32.1 Å². The lowest BCUT2D eigenvalue weighted by Crippen LogP contribution is -2.42. The predicted molar refractivity (Wildman–Crippen MR) is 166 cm³/mol. The smallest absolute Gasteiger partial charge is 0.273 e. The fourth-order valence-electron chi connectivity index (χ4n) is 6.33. The minimum atomic E-state index is -0.334. The SMILES string of the molecule is COCCCn1c([C@@H]2CCCN(C(=O)C[C@H](N)Cc3ccc(NC(=O)c4cncn4C)cc3)C2)c(C)c2cccc(F)c21. The van der Waals surface area contributed by atoms with E-state index in [1.807, 2.05) is 35.2 Å². The number of rotatable bonds is 11. The van der Waals surface area contributed by atoms with E-state index in [1.54, 1.807) is 31.1 Å². The maximum atomic E-state index is 15.0. The first-order valence-corrected chi connectivity index (χ1v) is 14.9. The van der Waals surface area contributed by atoms with Crippen LogP contribution in [0.25, 0.3) is 10.9 Å². The maximum absolute atomic E-state index is 15.0. The summed E-state index contributed by atoms with van der Waals surface area (Å²) in [7, 11) is 3.44. The minimum absolute atomic E-state index is 0.0446. The zero-order chi connectivity index (χ0) is 30.5. The van der Waals surface area contributed by atoms with Crippen LogP contribution in [-0.4, -0.2) is 63.7 Å². The van der Waals surface area contributed by atoms with Crippen LogP contribution in [-0.2, 0) is 29.5 Å². The lowest BCUT2D eigenvalue weighted by atomic mass is 9.91. The third-order valence-corrected chi connectivity index (χ3v) is 8.42. The van der Waals surface area contributed by atoms with E-state index in [0.717, 1.165) is 41.5 Å². The molecule has 228 valence electrons. The Balaban J connectivity index is 1.21. The van der Waals surface area contributed by atoms with Gasteiger partial charge in [0.2, 0.25) is 5.91 Å². The van der Waals surface area contributed by atoms with Gasteiger partial charge in [0.05, 0.1) is 18.0 Å². The molecule has 4 aromatic rings. The van der Waals surface area contributed by atoms with E-state index in [0.29, 0.717) is 49.6 Å². The van der Waals surface area contributed by atoms with Gasteiger partial charge in [-0.2, -0.15) is 0 Å². The number of aromatic nitrogens is 3. The van der Waals surface area contributed by atoms with Gasteiger partial charge in [-0.05, 0) is 61.9 Å². The number of nitrogens with zero attached hydrogens (tertiary/aromatic N) is 4. The number of nitrogens with one attached hydrogen (secondary N) is 1. The average molecular weight is 589 g/mol. The number of amides is 2. The molecule has 2 aromatic heterocycles. The van der Waals surface area contributed by atoms with Crippen LogP contribution in [0.4, 0.5) is 10.1 Å². The maximum Gasteiger partial charge on any atom is 0.273 e. The van der Waals surface area contributed by atoms with Crippen LogP contribution in [0, 0.1) is 12.7 Å². The van der Waals surface area contributed by atoms with Crippen molar-refractivity contribution in [3.05, 3.63) is 83.3 Å². The van der Waals surface area contributed by atoms with Gasteiger partial charge in [-0.3, -0.25) is 9.59 Å². The van der Waals surface area contributed by atoms with Gasteiger partial charge in [0.15, 0.2) is 0 Å². The first kappa shape index (κ1) is 30.4. The van der Waals surface area contributed by atoms with Crippen LogP contribution < -0.4 is 11.1 Å². The number of piperidine rings is 1.